The van der Waals surface area contributed by atoms with Crippen LogP contribution in [0.25, 0.3) is 6.08 Å². The zero-order valence-electron chi connectivity index (χ0n) is 12.4. The van der Waals surface area contributed by atoms with E-state index in [0.717, 1.165) is 30.3 Å². The van der Waals surface area contributed by atoms with Crippen LogP contribution < -0.4 is 5.32 Å². The second-order valence-corrected chi connectivity index (χ2v) is 6.68. The molecule has 20 heavy (non-hydrogen) atoms. The number of nitrogens with zero attached hydrogens (tertiary/aromatic N) is 2. The van der Waals surface area contributed by atoms with Crippen LogP contribution in [0.3, 0.4) is 0 Å². The van der Waals surface area contributed by atoms with Crippen molar-refractivity contribution in [3.63, 3.8) is 0 Å². The standard InChI is InChI=1S/C15H23N3OS/c1-11(2)18-7-6-13(9-18)8-16-15(19)5-4-14-10-20-12(3)17-14/h4-5,10-11,13H,6-9H2,1-3H3,(H,16,19). The molecule has 1 N–H and O–H groups in total. The van der Waals surface area contributed by atoms with Crippen LogP contribution in [0.2, 0.25) is 0 Å². The van der Waals surface area contributed by atoms with E-state index in [1.807, 2.05) is 12.3 Å². The van der Waals surface area contributed by atoms with Gasteiger partial charge in [0.15, 0.2) is 0 Å². The summed E-state index contributed by atoms with van der Waals surface area (Å²) < 4.78 is 0. The van der Waals surface area contributed by atoms with Crippen molar-refractivity contribution in [1.29, 1.82) is 0 Å². The van der Waals surface area contributed by atoms with E-state index in [4.69, 9.17) is 0 Å². The molecule has 1 amide bonds. The molecule has 2 heterocycles. The van der Waals surface area contributed by atoms with Crippen molar-refractivity contribution in [2.24, 2.45) is 5.92 Å². The Balaban J connectivity index is 1.72. The molecule has 1 aromatic heterocycles. The molecule has 0 aromatic carbocycles. The second-order valence-electron chi connectivity index (χ2n) is 5.61. The summed E-state index contributed by atoms with van der Waals surface area (Å²) in [5, 5.41) is 5.96. The Bertz CT molecular complexity index is 481. The minimum Gasteiger partial charge on any atom is -0.352 e. The molecule has 1 saturated heterocycles. The largest absolute Gasteiger partial charge is 0.352 e. The molecule has 1 aliphatic heterocycles. The van der Waals surface area contributed by atoms with Crippen LogP contribution >= 0.6 is 11.3 Å². The van der Waals surface area contributed by atoms with E-state index in [0.29, 0.717) is 12.0 Å². The lowest BCUT2D eigenvalue weighted by atomic mass is 10.1. The summed E-state index contributed by atoms with van der Waals surface area (Å²) in [6.45, 7) is 9.41. The molecule has 1 aromatic rings. The number of hydrogen-bond donors (Lipinski definition) is 1. The first-order valence-corrected chi connectivity index (χ1v) is 8.04. The van der Waals surface area contributed by atoms with Gasteiger partial charge < -0.3 is 10.2 Å². The number of aryl methyl sites for hydroxylation is 1. The van der Waals surface area contributed by atoms with Gasteiger partial charge in [-0.2, -0.15) is 0 Å². The average molecular weight is 293 g/mol. The van der Waals surface area contributed by atoms with E-state index in [1.165, 1.54) is 6.42 Å². The number of likely N-dealkylation sites (tertiary alicyclic amines) is 1. The van der Waals surface area contributed by atoms with Crippen LogP contribution in [-0.4, -0.2) is 41.5 Å². The molecule has 2 rings (SSSR count). The number of rotatable bonds is 5. The van der Waals surface area contributed by atoms with Crippen LogP contribution in [0.1, 0.15) is 31.0 Å². The first kappa shape index (κ1) is 15.2. The molecule has 0 saturated carbocycles. The van der Waals surface area contributed by atoms with Crippen LogP contribution in [0.15, 0.2) is 11.5 Å². The highest BCUT2D eigenvalue weighted by molar-refractivity contribution is 7.09. The van der Waals surface area contributed by atoms with E-state index >= 15 is 0 Å². The molecule has 0 aliphatic carbocycles. The van der Waals surface area contributed by atoms with Gasteiger partial charge in [0.2, 0.25) is 5.91 Å². The Labute approximate surface area is 124 Å². The van der Waals surface area contributed by atoms with Crippen LogP contribution in [0.4, 0.5) is 0 Å². The molecule has 110 valence electrons. The molecule has 1 atom stereocenters. The maximum Gasteiger partial charge on any atom is 0.244 e. The third-order valence-electron chi connectivity index (χ3n) is 3.65. The van der Waals surface area contributed by atoms with Crippen molar-refractivity contribution in [2.75, 3.05) is 19.6 Å². The van der Waals surface area contributed by atoms with Crippen molar-refractivity contribution in [3.8, 4) is 0 Å². The van der Waals surface area contributed by atoms with Gasteiger partial charge in [0.25, 0.3) is 0 Å². The lowest BCUT2D eigenvalue weighted by molar-refractivity contribution is -0.116. The number of hydrogen-bond acceptors (Lipinski definition) is 4. The summed E-state index contributed by atoms with van der Waals surface area (Å²) in [5.41, 5.74) is 0.856. The first-order chi connectivity index (χ1) is 9.54. The zero-order valence-corrected chi connectivity index (χ0v) is 13.2. The van der Waals surface area contributed by atoms with Gasteiger partial charge >= 0.3 is 0 Å². The summed E-state index contributed by atoms with van der Waals surface area (Å²) in [6, 6.07) is 0.600. The Morgan fingerprint density at radius 1 is 1.65 bits per heavy atom. The summed E-state index contributed by atoms with van der Waals surface area (Å²) in [4.78, 5) is 18.5. The van der Waals surface area contributed by atoms with Gasteiger partial charge in [0.05, 0.1) is 10.7 Å². The fourth-order valence-corrected chi connectivity index (χ4v) is 3.00. The second kappa shape index (κ2) is 6.99. The molecule has 1 unspecified atom stereocenters. The van der Waals surface area contributed by atoms with E-state index in [1.54, 1.807) is 23.5 Å². The quantitative estimate of drug-likeness (QED) is 0.847. The minimum absolute atomic E-state index is 0.0290. The predicted molar refractivity (Wildman–Crippen MR) is 83.7 cm³/mol. The highest BCUT2D eigenvalue weighted by atomic mass is 32.1. The van der Waals surface area contributed by atoms with Crippen LogP contribution in [0, 0.1) is 12.8 Å². The normalized spacial score (nSPS) is 20.1. The van der Waals surface area contributed by atoms with Crippen molar-refractivity contribution >= 4 is 23.3 Å². The number of nitrogens with one attached hydrogen (secondary N) is 1. The Morgan fingerprint density at radius 3 is 3.05 bits per heavy atom. The third-order valence-corrected chi connectivity index (χ3v) is 4.45. The van der Waals surface area contributed by atoms with Gasteiger partial charge in [0, 0.05) is 30.6 Å². The molecule has 0 bridgehead atoms. The molecule has 0 radical (unpaired) electrons. The van der Waals surface area contributed by atoms with Gasteiger partial charge in [-0.1, -0.05) is 0 Å². The van der Waals surface area contributed by atoms with Crippen molar-refractivity contribution in [1.82, 2.24) is 15.2 Å². The predicted octanol–water partition coefficient (Wildman–Crippen LogP) is 2.31. The highest BCUT2D eigenvalue weighted by Crippen LogP contribution is 2.17. The van der Waals surface area contributed by atoms with Crippen LogP contribution in [0.5, 0.6) is 0 Å². The SMILES string of the molecule is Cc1nc(C=CC(=O)NCC2CCN(C(C)C)C2)cs1. The lowest BCUT2D eigenvalue weighted by Gasteiger charge is -2.20. The number of thiazole rings is 1. The topological polar surface area (TPSA) is 45.2 Å². The lowest BCUT2D eigenvalue weighted by Crippen LogP contribution is -2.32. The summed E-state index contributed by atoms with van der Waals surface area (Å²) in [6.07, 6.45) is 4.52. The Kier molecular flexibility index (Phi) is 5.31. The van der Waals surface area contributed by atoms with E-state index in [2.05, 4.69) is 29.0 Å². The maximum absolute atomic E-state index is 11.8. The average Bonchev–Trinajstić information content (AvgIpc) is 3.03. The van der Waals surface area contributed by atoms with Crippen molar-refractivity contribution in [3.05, 3.63) is 22.2 Å². The number of carbonyl (C=O) groups excluding carboxylic acids is 1. The minimum atomic E-state index is -0.0290. The molecule has 1 aliphatic rings. The summed E-state index contributed by atoms with van der Waals surface area (Å²) in [7, 11) is 0. The first-order valence-electron chi connectivity index (χ1n) is 7.16. The molecular formula is C15H23N3OS. The van der Waals surface area contributed by atoms with Gasteiger partial charge in [-0.3, -0.25) is 4.79 Å². The fraction of sp³-hybridized carbons (Fsp3) is 0.600. The highest BCUT2D eigenvalue weighted by Gasteiger charge is 2.23. The van der Waals surface area contributed by atoms with E-state index in [-0.39, 0.29) is 5.91 Å². The van der Waals surface area contributed by atoms with Crippen molar-refractivity contribution in [2.45, 2.75) is 33.2 Å². The zero-order chi connectivity index (χ0) is 14.5. The maximum atomic E-state index is 11.8. The van der Waals surface area contributed by atoms with E-state index in [9.17, 15) is 4.79 Å². The summed E-state index contributed by atoms with van der Waals surface area (Å²) >= 11 is 1.59. The summed E-state index contributed by atoms with van der Waals surface area (Å²) in [5.74, 6) is 0.551. The van der Waals surface area contributed by atoms with Gasteiger partial charge in [0.1, 0.15) is 0 Å². The molecule has 4 nitrogen and oxygen atoms in total. The van der Waals surface area contributed by atoms with E-state index < -0.39 is 0 Å². The van der Waals surface area contributed by atoms with Gasteiger partial charge in [-0.25, -0.2) is 4.98 Å². The molecule has 1 fully saturated rings. The number of amides is 1. The van der Waals surface area contributed by atoms with Gasteiger partial charge in [-0.05, 0) is 45.7 Å². The molecule has 0 spiro atoms. The van der Waals surface area contributed by atoms with Gasteiger partial charge in [-0.15, -0.1) is 11.3 Å². The Morgan fingerprint density at radius 2 is 2.45 bits per heavy atom. The third kappa shape index (κ3) is 4.42. The van der Waals surface area contributed by atoms with Crippen molar-refractivity contribution < 1.29 is 4.79 Å². The number of carbonyl (C=O) groups is 1. The van der Waals surface area contributed by atoms with Crippen LogP contribution in [-0.2, 0) is 4.79 Å². The monoisotopic (exact) mass is 293 g/mol. The fourth-order valence-electron chi connectivity index (χ4n) is 2.42. The smallest absolute Gasteiger partial charge is 0.244 e. The Hall–Kier alpha value is -1.20. The number of aromatic nitrogens is 1. The molecule has 5 heteroatoms. The molecular weight excluding hydrogens is 270 g/mol.